The van der Waals surface area contributed by atoms with E-state index in [2.05, 4.69) is 5.32 Å². The van der Waals surface area contributed by atoms with Crippen LogP contribution in [-0.4, -0.2) is 51.7 Å². The minimum Gasteiger partial charge on any atom is -0.503 e. The van der Waals surface area contributed by atoms with E-state index in [1.54, 1.807) is 4.90 Å². The number of aromatic nitrogens is 1. The molecule has 8 nitrogen and oxygen atoms in total. The average Bonchev–Trinajstić information content (AvgIpc) is 2.91. The van der Waals surface area contributed by atoms with Crippen LogP contribution in [0.2, 0.25) is 0 Å². The van der Waals surface area contributed by atoms with Crippen LogP contribution < -0.4 is 10.7 Å². The van der Waals surface area contributed by atoms with Gasteiger partial charge in [-0.1, -0.05) is 0 Å². The Balaban J connectivity index is 1.72. The lowest BCUT2D eigenvalue weighted by Gasteiger charge is -2.38. The maximum absolute atomic E-state index is 13.9. The van der Waals surface area contributed by atoms with Crippen molar-refractivity contribution < 1.29 is 32.6 Å². The molecule has 0 radical (unpaired) electrons. The molecule has 0 saturated carbocycles. The van der Waals surface area contributed by atoms with Gasteiger partial charge in [0, 0.05) is 49.6 Å². The van der Waals surface area contributed by atoms with Crippen molar-refractivity contribution in [2.45, 2.75) is 51.4 Å². The molecule has 1 aromatic carbocycles. The number of pyridine rings is 1. The molecule has 2 aromatic rings. The van der Waals surface area contributed by atoms with Gasteiger partial charge < -0.3 is 24.6 Å². The third-order valence-electron chi connectivity index (χ3n) is 6.40. The summed E-state index contributed by atoms with van der Waals surface area (Å²) in [7, 11) is 0. The van der Waals surface area contributed by atoms with Gasteiger partial charge in [0.25, 0.3) is 11.8 Å². The molecule has 11 heteroatoms. The summed E-state index contributed by atoms with van der Waals surface area (Å²) in [6.45, 7) is 3.73. The third-order valence-corrected chi connectivity index (χ3v) is 6.40. The number of halogens is 3. The van der Waals surface area contributed by atoms with Crippen LogP contribution in [0.15, 0.2) is 23.1 Å². The van der Waals surface area contributed by atoms with Crippen molar-refractivity contribution in [2.75, 3.05) is 13.2 Å². The molecule has 4 rings (SSSR count). The molecule has 0 spiro atoms. The number of carbonyl (C=O) groups is 2. The van der Waals surface area contributed by atoms with Gasteiger partial charge in [-0.2, -0.15) is 0 Å². The number of fused-ring (bicyclic) bond motifs is 4. The second-order valence-electron chi connectivity index (χ2n) is 8.45. The molecule has 1 saturated heterocycles. The minimum atomic E-state index is -1.19. The fraction of sp³-hybridized carbons (Fsp3) is 0.435. The summed E-state index contributed by atoms with van der Waals surface area (Å²) >= 11 is 0. The van der Waals surface area contributed by atoms with Crippen LogP contribution in [0.3, 0.4) is 0 Å². The van der Waals surface area contributed by atoms with Gasteiger partial charge in [-0.05, 0) is 26.7 Å². The van der Waals surface area contributed by atoms with Gasteiger partial charge in [0.1, 0.15) is 23.0 Å². The Kier molecular flexibility index (Phi) is 6.39. The molecule has 1 aromatic heterocycles. The first kappa shape index (κ1) is 23.8. The average molecular weight is 479 g/mol. The number of ether oxygens (including phenoxy) is 1. The van der Waals surface area contributed by atoms with Gasteiger partial charge in [-0.15, -0.1) is 0 Å². The van der Waals surface area contributed by atoms with Gasteiger partial charge in [0.15, 0.2) is 11.4 Å². The van der Waals surface area contributed by atoms with Gasteiger partial charge in [0.05, 0.1) is 12.1 Å². The number of nitrogens with zero attached hydrogens (tertiary/aromatic N) is 2. The monoisotopic (exact) mass is 479 g/mol. The number of rotatable bonds is 5. The van der Waals surface area contributed by atoms with Crippen LogP contribution in [-0.2, 0) is 11.3 Å². The topological polar surface area (TPSA) is 101 Å². The molecule has 34 heavy (non-hydrogen) atoms. The Bertz CT molecular complexity index is 1190. The van der Waals surface area contributed by atoms with E-state index in [4.69, 9.17) is 4.74 Å². The van der Waals surface area contributed by atoms with Crippen molar-refractivity contribution in [3.8, 4) is 5.75 Å². The van der Waals surface area contributed by atoms with E-state index in [1.165, 1.54) is 10.8 Å². The molecule has 2 aliphatic rings. The molecule has 3 heterocycles. The number of nitrogens with one attached hydrogen (secondary N) is 1. The molecular weight excluding hydrogens is 455 g/mol. The van der Waals surface area contributed by atoms with E-state index in [0.29, 0.717) is 31.6 Å². The lowest BCUT2D eigenvalue weighted by molar-refractivity contribution is 0.0111. The zero-order valence-electron chi connectivity index (χ0n) is 18.6. The van der Waals surface area contributed by atoms with Gasteiger partial charge in [-0.3, -0.25) is 14.4 Å². The molecule has 1 fully saturated rings. The summed E-state index contributed by atoms with van der Waals surface area (Å²) in [6.07, 6.45) is 2.13. The molecule has 0 aliphatic carbocycles. The van der Waals surface area contributed by atoms with Crippen LogP contribution in [0.25, 0.3) is 0 Å². The number of hydrogen-bond acceptors (Lipinski definition) is 5. The molecule has 2 aliphatic heterocycles. The Morgan fingerprint density at radius 3 is 2.53 bits per heavy atom. The lowest BCUT2D eigenvalue weighted by Crippen LogP contribution is -2.49. The highest BCUT2D eigenvalue weighted by molar-refractivity contribution is 5.99. The number of aromatic hydroxyl groups is 1. The largest absolute Gasteiger partial charge is 0.503 e. The Morgan fingerprint density at radius 1 is 1.21 bits per heavy atom. The van der Waals surface area contributed by atoms with Crippen molar-refractivity contribution in [1.29, 1.82) is 0 Å². The maximum Gasteiger partial charge on any atom is 0.274 e. The van der Waals surface area contributed by atoms with E-state index in [-0.39, 0.29) is 24.4 Å². The van der Waals surface area contributed by atoms with Crippen LogP contribution in [0.5, 0.6) is 5.75 Å². The summed E-state index contributed by atoms with van der Waals surface area (Å²) in [5.74, 6) is -5.92. The van der Waals surface area contributed by atoms with E-state index in [9.17, 15) is 32.7 Å². The summed E-state index contributed by atoms with van der Waals surface area (Å²) in [5.41, 5.74) is -2.40. The smallest absolute Gasteiger partial charge is 0.274 e. The minimum absolute atomic E-state index is 0.132. The zero-order chi connectivity index (χ0) is 24.7. The van der Waals surface area contributed by atoms with Crippen molar-refractivity contribution >= 4 is 11.8 Å². The number of hydrogen-bond donors (Lipinski definition) is 2. The highest BCUT2D eigenvalue weighted by Gasteiger charge is 2.42. The second-order valence-corrected chi connectivity index (χ2v) is 8.45. The Labute approximate surface area is 192 Å². The molecule has 2 amide bonds. The van der Waals surface area contributed by atoms with Crippen molar-refractivity contribution in [3.63, 3.8) is 0 Å². The standard InChI is InChI=1S/C23H24F3N3O5/c1-3-34-18-5-4-11(2)28-10-17(18)29-9-14(20(30)21(31)19(29)23(28)33)22(32)27-8-13-15(25)6-12(24)7-16(13)26/h6-7,9,11,17-18,31H,3-5,8,10H2,1-2H3,(H,27,32)/t11-,17+,18-/m0/s1. The van der Waals surface area contributed by atoms with Gasteiger partial charge >= 0.3 is 0 Å². The first-order valence-electron chi connectivity index (χ1n) is 11.0. The van der Waals surface area contributed by atoms with E-state index >= 15 is 0 Å². The third kappa shape index (κ3) is 4.04. The van der Waals surface area contributed by atoms with E-state index < -0.39 is 64.2 Å². The summed E-state index contributed by atoms with van der Waals surface area (Å²) < 4.78 is 48.2. The number of benzene rings is 1. The number of amides is 2. The summed E-state index contributed by atoms with van der Waals surface area (Å²) in [4.78, 5) is 40.2. The molecule has 2 N–H and O–H groups in total. The summed E-state index contributed by atoms with van der Waals surface area (Å²) in [5, 5.41) is 12.9. The van der Waals surface area contributed by atoms with Crippen molar-refractivity contribution in [1.82, 2.24) is 14.8 Å². The van der Waals surface area contributed by atoms with Crippen LogP contribution in [0, 0.1) is 17.5 Å². The van der Waals surface area contributed by atoms with Crippen molar-refractivity contribution in [3.05, 3.63) is 62.8 Å². The van der Waals surface area contributed by atoms with Crippen LogP contribution in [0.1, 0.15) is 59.1 Å². The fourth-order valence-electron chi connectivity index (χ4n) is 4.61. The van der Waals surface area contributed by atoms with Crippen molar-refractivity contribution in [2.24, 2.45) is 0 Å². The van der Waals surface area contributed by atoms with E-state index in [1.807, 2.05) is 13.8 Å². The maximum atomic E-state index is 13.9. The quantitative estimate of drug-likeness (QED) is 0.687. The van der Waals surface area contributed by atoms with E-state index in [0.717, 1.165) is 0 Å². The SMILES string of the molecule is CCO[C@H]1CC[C@H](C)N2C[C@H]1n1cc(C(=O)NCc3c(F)cc(F)cc3F)c(=O)c(O)c1C2=O. The molecule has 2 bridgehead atoms. The van der Waals surface area contributed by atoms with Gasteiger partial charge in [0.2, 0.25) is 5.43 Å². The van der Waals surface area contributed by atoms with Crippen LogP contribution >= 0.6 is 0 Å². The molecule has 3 atom stereocenters. The molecule has 0 unspecified atom stereocenters. The molecule has 182 valence electrons. The fourth-order valence-corrected chi connectivity index (χ4v) is 4.61. The molecular formula is C23H24F3N3O5. The lowest BCUT2D eigenvalue weighted by atomic mass is 10.0. The summed E-state index contributed by atoms with van der Waals surface area (Å²) in [6, 6.07) is 0.361. The number of carbonyl (C=O) groups excluding carboxylic acids is 2. The zero-order valence-corrected chi connectivity index (χ0v) is 18.6. The van der Waals surface area contributed by atoms with Crippen LogP contribution in [0.4, 0.5) is 13.2 Å². The Hall–Kier alpha value is -3.34. The first-order chi connectivity index (χ1) is 16.1. The van der Waals surface area contributed by atoms with Gasteiger partial charge in [-0.25, -0.2) is 13.2 Å². The second kappa shape index (κ2) is 9.13. The predicted molar refractivity (Wildman–Crippen MR) is 114 cm³/mol. The normalized spacial score (nSPS) is 21.7. The first-order valence-corrected chi connectivity index (χ1v) is 11.0. The Morgan fingerprint density at radius 2 is 1.88 bits per heavy atom. The predicted octanol–water partition coefficient (Wildman–Crippen LogP) is 2.49. The highest BCUT2D eigenvalue weighted by atomic mass is 19.1. The highest BCUT2D eigenvalue weighted by Crippen LogP contribution is 2.35.